The maximum atomic E-state index is 5.56. The second-order valence-electron chi connectivity index (χ2n) is 5.13. The lowest BCUT2D eigenvalue weighted by Crippen LogP contribution is -2.10. The highest BCUT2D eigenvalue weighted by Crippen LogP contribution is 2.17. The van der Waals surface area contributed by atoms with Gasteiger partial charge in [0.15, 0.2) is 0 Å². The summed E-state index contributed by atoms with van der Waals surface area (Å²) in [7, 11) is 0. The fraction of sp³-hybridized carbons (Fsp3) is 1.00. The van der Waals surface area contributed by atoms with Gasteiger partial charge in [0.25, 0.3) is 0 Å². The molecule has 0 radical (unpaired) electrons. The number of ether oxygens (including phenoxy) is 1. The van der Waals surface area contributed by atoms with Crippen LogP contribution in [0.2, 0.25) is 0 Å². The molecule has 0 bridgehead atoms. The molecule has 0 aliphatic heterocycles. The van der Waals surface area contributed by atoms with Crippen molar-refractivity contribution in [3.63, 3.8) is 0 Å². The molecule has 0 amide bonds. The third-order valence-corrected chi connectivity index (χ3v) is 2.24. The van der Waals surface area contributed by atoms with Gasteiger partial charge in [0.05, 0.1) is 0 Å². The molecule has 2 heteroatoms. The quantitative estimate of drug-likeness (QED) is 0.613. The van der Waals surface area contributed by atoms with Crippen LogP contribution in [0.25, 0.3) is 0 Å². The summed E-state index contributed by atoms with van der Waals surface area (Å²) in [5.74, 6) is 0. The van der Waals surface area contributed by atoms with Crippen molar-refractivity contribution in [3.05, 3.63) is 0 Å². The van der Waals surface area contributed by atoms with Crippen molar-refractivity contribution < 1.29 is 4.74 Å². The molecule has 0 atom stereocenters. The van der Waals surface area contributed by atoms with E-state index in [-0.39, 0.29) is 0 Å². The number of hydrogen-bond donors (Lipinski definition) is 1. The summed E-state index contributed by atoms with van der Waals surface area (Å²) in [6.45, 7) is 9.39. The first kappa shape index (κ1) is 13.9. The van der Waals surface area contributed by atoms with E-state index in [0.29, 0.717) is 5.41 Å². The van der Waals surface area contributed by atoms with E-state index >= 15 is 0 Å². The van der Waals surface area contributed by atoms with Crippen LogP contribution in [-0.4, -0.2) is 19.8 Å². The van der Waals surface area contributed by atoms with Crippen molar-refractivity contribution >= 4 is 0 Å². The molecule has 2 N–H and O–H groups in total. The number of nitrogens with two attached hydrogens (primary N) is 1. The lowest BCUT2D eigenvalue weighted by atomic mass is 9.93. The maximum Gasteiger partial charge on any atom is 0.0471 e. The van der Waals surface area contributed by atoms with Crippen molar-refractivity contribution in [3.8, 4) is 0 Å². The minimum absolute atomic E-state index is 0.402. The molecule has 0 aliphatic rings. The zero-order valence-corrected chi connectivity index (χ0v) is 10.1. The first-order chi connectivity index (χ1) is 6.56. The van der Waals surface area contributed by atoms with E-state index in [4.69, 9.17) is 10.5 Å². The highest BCUT2D eigenvalue weighted by Gasteiger charge is 2.08. The van der Waals surface area contributed by atoms with Crippen molar-refractivity contribution in [2.24, 2.45) is 11.1 Å². The van der Waals surface area contributed by atoms with E-state index < -0.39 is 0 Å². The van der Waals surface area contributed by atoms with Crippen LogP contribution in [0.5, 0.6) is 0 Å². The second kappa shape index (κ2) is 8.25. The Morgan fingerprint density at radius 1 is 0.929 bits per heavy atom. The maximum absolute atomic E-state index is 5.56. The zero-order chi connectivity index (χ0) is 10.9. The van der Waals surface area contributed by atoms with Gasteiger partial charge in [-0.1, -0.05) is 33.6 Å². The molecule has 0 aromatic carbocycles. The Morgan fingerprint density at radius 2 is 1.57 bits per heavy atom. The molecule has 0 aromatic heterocycles. The third kappa shape index (κ3) is 11.9. The van der Waals surface area contributed by atoms with Gasteiger partial charge in [-0.2, -0.15) is 0 Å². The predicted molar refractivity (Wildman–Crippen MR) is 62.4 cm³/mol. The molecule has 0 aliphatic carbocycles. The SMILES string of the molecule is CC(C)(C)CCOCCCCCCN. The molecule has 2 nitrogen and oxygen atoms in total. The minimum atomic E-state index is 0.402. The molecular formula is C12H27NO. The lowest BCUT2D eigenvalue weighted by molar-refractivity contribution is 0.105. The summed E-state index contributed by atoms with van der Waals surface area (Å²) >= 11 is 0. The fourth-order valence-corrected chi connectivity index (χ4v) is 1.18. The first-order valence-corrected chi connectivity index (χ1v) is 5.84. The molecule has 0 fully saturated rings. The van der Waals surface area contributed by atoms with Gasteiger partial charge in [-0.3, -0.25) is 0 Å². The van der Waals surface area contributed by atoms with Crippen molar-refractivity contribution in [1.82, 2.24) is 0 Å². The average molecular weight is 201 g/mol. The normalized spacial score (nSPS) is 12.0. The van der Waals surface area contributed by atoms with Gasteiger partial charge in [0.2, 0.25) is 0 Å². The van der Waals surface area contributed by atoms with Gasteiger partial charge in [-0.25, -0.2) is 0 Å². The Labute approximate surface area is 89.2 Å². The van der Waals surface area contributed by atoms with Gasteiger partial charge in [0.1, 0.15) is 0 Å². The molecule has 0 unspecified atom stereocenters. The Morgan fingerprint density at radius 3 is 2.14 bits per heavy atom. The molecular weight excluding hydrogens is 174 g/mol. The van der Waals surface area contributed by atoms with E-state index in [9.17, 15) is 0 Å². The van der Waals surface area contributed by atoms with Gasteiger partial charge in [-0.15, -0.1) is 0 Å². The van der Waals surface area contributed by atoms with Crippen LogP contribution in [0, 0.1) is 5.41 Å². The van der Waals surface area contributed by atoms with Gasteiger partial charge >= 0.3 is 0 Å². The third-order valence-electron chi connectivity index (χ3n) is 2.24. The van der Waals surface area contributed by atoms with Crippen LogP contribution >= 0.6 is 0 Å². The molecule has 0 saturated carbocycles. The second-order valence-corrected chi connectivity index (χ2v) is 5.13. The van der Waals surface area contributed by atoms with Crippen molar-refractivity contribution in [1.29, 1.82) is 0 Å². The molecule has 0 saturated heterocycles. The van der Waals surface area contributed by atoms with E-state index in [2.05, 4.69) is 20.8 Å². The Balaban J connectivity index is 2.99. The first-order valence-electron chi connectivity index (χ1n) is 5.84. The standard InChI is InChI=1S/C12H27NO/c1-12(2,3)8-11-14-10-7-5-4-6-9-13/h4-11,13H2,1-3H3. The molecule has 86 valence electrons. The summed E-state index contributed by atoms with van der Waals surface area (Å²) in [6.07, 6.45) is 5.99. The highest BCUT2D eigenvalue weighted by molar-refractivity contribution is 4.59. The summed E-state index contributed by atoms with van der Waals surface area (Å²) < 4.78 is 5.56. The average Bonchev–Trinajstić information content (AvgIpc) is 2.08. The molecule has 0 aromatic rings. The monoisotopic (exact) mass is 201 g/mol. The van der Waals surface area contributed by atoms with E-state index in [1.807, 2.05) is 0 Å². The van der Waals surface area contributed by atoms with E-state index in [0.717, 1.165) is 32.6 Å². The summed E-state index contributed by atoms with van der Waals surface area (Å²) in [6, 6.07) is 0. The predicted octanol–water partition coefficient (Wildman–Crippen LogP) is 2.96. The number of hydrogen-bond acceptors (Lipinski definition) is 2. The fourth-order valence-electron chi connectivity index (χ4n) is 1.18. The summed E-state index contributed by atoms with van der Waals surface area (Å²) in [5.41, 5.74) is 5.81. The zero-order valence-electron chi connectivity index (χ0n) is 10.1. The molecule has 0 heterocycles. The van der Waals surface area contributed by atoms with Gasteiger partial charge < -0.3 is 10.5 Å². The molecule has 0 spiro atoms. The Bertz CT molecular complexity index is 118. The molecule has 0 rings (SSSR count). The van der Waals surface area contributed by atoms with Crippen LogP contribution in [0.4, 0.5) is 0 Å². The lowest BCUT2D eigenvalue weighted by Gasteiger charge is -2.17. The van der Waals surface area contributed by atoms with Crippen molar-refractivity contribution in [2.75, 3.05) is 19.8 Å². The largest absolute Gasteiger partial charge is 0.381 e. The van der Waals surface area contributed by atoms with Crippen LogP contribution < -0.4 is 5.73 Å². The van der Waals surface area contributed by atoms with Crippen LogP contribution in [0.1, 0.15) is 52.9 Å². The van der Waals surface area contributed by atoms with E-state index in [1.165, 1.54) is 19.3 Å². The van der Waals surface area contributed by atoms with Crippen LogP contribution in [0.3, 0.4) is 0 Å². The van der Waals surface area contributed by atoms with Gasteiger partial charge in [0, 0.05) is 13.2 Å². The molecule has 14 heavy (non-hydrogen) atoms. The highest BCUT2D eigenvalue weighted by atomic mass is 16.5. The van der Waals surface area contributed by atoms with E-state index in [1.54, 1.807) is 0 Å². The number of rotatable bonds is 8. The summed E-state index contributed by atoms with van der Waals surface area (Å²) in [4.78, 5) is 0. The Kier molecular flexibility index (Phi) is 8.20. The smallest absolute Gasteiger partial charge is 0.0471 e. The summed E-state index contributed by atoms with van der Waals surface area (Å²) in [5, 5.41) is 0. The number of unbranched alkanes of at least 4 members (excludes halogenated alkanes) is 3. The Hall–Kier alpha value is -0.0800. The van der Waals surface area contributed by atoms with Crippen molar-refractivity contribution in [2.45, 2.75) is 52.9 Å². The van der Waals surface area contributed by atoms with Gasteiger partial charge in [-0.05, 0) is 31.2 Å². The minimum Gasteiger partial charge on any atom is -0.381 e. The van der Waals surface area contributed by atoms with Crippen LogP contribution in [0.15, 0.2) is 0 Å². The van der Waals surface area contributed by atoms with Crippen LogP contribution in [-0.2, 0) is 4.74 Å². The topological polar surface area (TPSA) is 35.2 Å².